The number of hydrogen-bond donors (Lipinski definition) is 6. The molecule has 0 saturated heterocycles. The minimum atomic E-state index is -0.967. The third-order valence-corrected chi connectivity index (χ3v) is 7.60. The van der Waals surface area contributed by atoms with Gasteiger partial charge in [-0.1, -0.05) is 84.9 Å². The van der Waals surface area contributed by atoms with Crippen molar-refractivity contribution in [2.75, 3.05) is 26.2 Å². The van der Waals surface area contributed by atoms with Gasteiger partial charge in [-0.2, -0.15) is 0 Å². The first-order valence-electron chi connectivity index (χ1n) is 14.2. The van der Waals surface area contributed by atoms with Crippen LogP contribution in [0.25, 0.3) is 11.1 Å². The minimum Gasteiger partial charge on any atom is -0.508 e. The summed E-state index contributed by atoms with van der Waals surface area (Å²) < 4.78 is 0. The second-order valence-corrected chi connectivity index (χ2v) is 10.3. The Morgan fingerprint density at radius 2 is 0.976 bits per heavy atom. The molecule has 8 heteroatoms. The number of phenols is 2. The number of rotatable bonds is 13. The predicted octanol–water partition coefficient (Wildman–Crippen LogP) is 3.64. The number of hydrogen-bond acceptors (Lipinski definition) is 6. The van der Waals surface area contributed by atoms with Gasteiger partial charge in [0, 0.05) is 56.3 Å². The average Bonchev–Trinajstić information content (AvgIpc) is 3.33. The molecule has 1 aliphatic carbocycles. The number of fused-ring (bicyclic) bond motifs is 3. The smallest absolute Gasteiger partial charge is 0.233 e. The maximum atomic E-state index is 13.7. The van der Waals surface area contributed by atoms with Gasteiger partial charge in [-0.3, -0.25) is 9.59 Å². The van der Waals surface area contributed by atoms with Crippen LogP contribution in [0.1, 0.15) is 28.2 Å². The van der Waals surface area contributed by atoms with Crippen molar-refractivity contribution in [1.29, 1.82) is 0 Å². The lowest BCUT2D eigenvalue weighted by Crippen LogP contribution is -2.46. The van der Waals surface area contributed by atoms with Crippen molar-refractivity contribution in [2.45, 2.75) is 19.0 Å². The molecule has 8 nitrogen and oxygen atoms in total. The van der Waals surface area contributed by atoms with E-state index in [1.54, 1.807) is 24.3 Å². The molecule has 0 aromatic heterocycles. The maximum Gasteiger partial charge on any atom is 0.233 e. The van der Waals surface area contributed by atoms with Crippen LogP contribution in [0.15, 0.2) is 97.1 Å². The largest absolute Gasteiger partial charge is 0.508 e. The van der Waals surface area contributed by atoms with Gasteiger partial charge in [-0.15, -0.1) is 0 Å². The molecule has 0 unspecified atom stereocenters. The second-order valence-electron chi connectivity index (χ2n) is 10.3. The number of para-hydroxylation sites is 2. The van der Waals surface area contributed by atoms with Crippen LogP contribution in [-0.2, 0) is 22.7 Å². The van der Waals surface area contributed by atoms with Crippen LogP contribution in [0, 0.1) is 5.92 Å². The van der Waals surface area contributed by atoms with Gasteiger partial charge in [0.15, 0.2) is 0 Å². The lowest BCUT2D eigenvalue weighted by Gasteiger charge is -2.24. The molecule has 0 bridgehead atoms. The van der Waals surface area contributed by atoms with E-state index in [2.05, 4.69) is 21.3 Å². The normalized spacial score (nSPS) is 12.1. The third-order valence-electron chi connectivity index (χ3n) is 7.60. The summed E-state index contributed by atoms with van der Waals surface area (Å²) >= 11 is 0. The summed E-state index contributed by atoms with van der Waals surface area (Å²) in [6.07, 6.45) is 0. The van der Waals surface area contributed by atoms with Gasteiger partial charge in [0.05, 0.1) is 0 Å². The fourth-order valence-electron chi connectivity index (χ4n) is 5.51. The molecule has 0 aliphatic heterocycles. The Labute approximate surface area is 245 Å². The van der Waals surface area contributed by atoms with Gasteiger partial charge in [-0.05, 0) is 34.4 Å². The van der Waals surface area contributed by atoms with E-state index in [-0.39, 0.29) is 23.3 Å². The third kappa shape index (κ3) is 6.62. The zero-order chi connectivity index (χ0) is 29.3. The quantitative estimate of drug-likeness (QED) is 0.109. The van der Waals surface area contributed by atoms with Crippen LogP contribution in [0.3, 0.4) is 0 Å². The summed E-state index contributed by atoms with van der Waals surface area (Å²) in [6, 6.07) is 30.1. The van der Waals surface area contributed by atoms with Gasteiger partial charge in [-0.25, -0.2) is 0 Å². The average molecular weight is 565 g/mol. The Balaban J connectivity index is 1.25. The van der Waals surface area contributed by atoms with E-state index in [4.69, 9.17) is 0 Å². The van der Waals surface area contributed by atoms with Crippen LogP contribution in [0.5, 0.6) is 11.5 Å². The highest BCUT2D eigenvalue weighted by molar-refractivity contribution is 6.03. The summed E-state index contributed by atoms with van der Waals surface area (Å²) in [5.41, 5.74) is 5.55. The van der Waals surface area contributed by atoms with Crippen molar-refractivity contribution in [3.63, 3.8) is 0 Å². The van der Waals surface area contributed by atoms with E-state index < -0.39 is 11.8 Å². The van der Waals surface area contributed by atoms with Crippen LogP contribution in [0.2, 0.25) is 0 Å². The molecule has 6 N–H and O–H groups in total. The van der Waals surface area contributed by atoms with Crippen molar-refractivity contribution in [3.05, 3.63) is 119 Å². The zero-order valence-corrected chi connectivity index (χ0v) is 23.3. The summed E-state index contributed by atoms with van der Waals surface area (Å²) in [4.78, 5) is 27.4. The van der Waals surface area contributed by atoms with E-state index in [1.807, 2.05) is 72.8 Å². The lowest BCUT2D eigenvalue weighted by molar-refractivity contribution is -0.135. The van der Waals surface area contributed by atoms with E-state index >= 15 is 0 Å². The first-order valence-corrected chi connectivity index (χ1v) is 14.2. The second kappa shape index (κ2) is 13.8. The lowest BCUT2D eigenvalue weighted by atomic mass is 9.82. The summed E-state index contributed by atoms with van der Waals surface area (Å²) in [5.74, 6) is -1.61. The highest BCUT2D eigenvalue weighted by atomic mass is 16.3. The fraction of sp³-hybridized carbons (Fsp3) is 0.235. The molecule has 0 fully saturated rings. The summed E-state index contributed by atoms with van der Waals surface area (Å²) in [6.45, 7) is 2.53. The number of benzene rings is 4. The number of nitrogens with one attached hydrogen (secondary N) is 4. The summed E-state index contributed by atoms with van der Waals surface area (Å²) in [5, 5.41) is 32.3. The molecule has 42 heavy (non-hydrogen) atoms. The molecule has 1 aliphatic rings. The Morgan fingerprint density at radius 1 is 0.571 bits per heavy atom. The molecule has 5 rings (SSSR count). The number of carbonyl (C=O) groups excluding carboxylic acids is 2. The molecule has 0 radical (unpaired) electrons. The van der Waals surface area contributed by atoms with Crippen molar-refractivity contribution in [2.24, 2.45) is 5.92 Å². The van der Waals surface area contributed by atoms with Crippen LogP contribution >= 0.6 is 0 Å². The molecular formula is C34H36N4O4. The number of carbonyl (C=O) groups is 2. The molecule has 0 atom stereocenters. The first kappa shape index (κ1) is 28.9. The number of amides is 2. The first-order chi connectivity index (χ1) is 20.5. The molecule has 4 aromatic carbocycles. The standard InChI is InChI=1S/C34H36N4O4/c39-29-15-7-1-9-23(29)21-35-17-19-37-33(41)32(34(42)38-20-18-36-22-24-10-2-8-16-30(24)40)31-27-13-5-3-11-25(27)26-12-4-6-14-28(26)31/h1-16,31-32,35-36,39-40H,17-22H2,(H,37,41)(H,38,42). The number of phenolic OH excluding ortho intramolecular Hbond substituents is 2. The van der Waals surface area contributed by atoms with Crippen molar-refractivity contribution >= 4 is 11.8 Å². The highest BCUT2D eigenvalue weighted by Gasteiger charge is 2.41. The topological polar surface area (TPSA) is 123 Å². The Hall–Kier alpha value is -4.66. The molecular weight excluding hydrogens is 528 g/mol. The van der Waals surface area contributed by atoms with Gasteiger partial charge in [0.25, 0.3) is 0 Å². The molecule has 0 heterocycles. The summed E-state index contributed by atoms with van der Waals surface area (Å²) in [7, 11) is 0. The van der Waals surface area contributed by atoms with E-state index in [9.17, 15) is 19.8 Å². The fourth-order valence-corrected chi connectivity index (χ4v) is 5.51. The zero-order valence-electron chi connectivity index (χ0n) is 23.3. The van der Waals surface area contributed by atoms with Gasteiger partial charge >= 0.3 is 0 Å². The van der Waals surface area contributed by atoms with Crippen LogP contribution in [-0.4, -0.2) is 48.2 Å². The van der Waals surface area contributed by atoms with Crippen LogP contribution < -0.4 is 21.3 Å². The Kier molecular flexibility index (Phi) is 9.48. The SMILES string of the molecule is O=C(NCCNCc1ccccc1O)C(C(=O)NCCNCc1ccccc1O)C1c2ccccc2-c2ccccc21. The monoisotopic (exact) mass is 564 g/mol. The van der Waals surface area contributed by atoms with Gasteiger partial charge < -0.3 is 31.5 Å². The van der Waals surface area contributed by atoms with Crippen molar-refractivity contribution in [1.82, 2.24) is 21.3 Å². The molecule has 0 spiro atoms. The maximum absolute atomic E-state index is 13.7. The minimum absolute atomic E-state index is 0.222. The highest BCUT2D eigenvalue weighted by Crippen LogP contribution is 2.48. The molecule has 0 saturated carbocycles. The van der Waals surface area contributed by atoms with E-state index in [0.29, 0.717) is 39.3 Å². The Morgan fingerprint density at radius 3 is 1.43 bits per heavy atom. The Bertz CT molecular complexity index is 1430. The van der Waals surface area contributed by atoms with Crippen LogP contribution in [0.4, 0.5) is 0 Å². The molecule has 2 amide bonds. The predicted molar refractivity (Wildman–Crippen MR) is 163 cm³/mol. The number of aromatic hydroxyl groups is 2. The van der Waals surface area contributed by atoms with Gasteiger partial charge in [0.1, 0.15) is 17.4 Å². The molecule has 4 aromatic rings. The van der Waals surface area contributed by atoms with Gasteiger partial charge in [0.2, 0.25) is 11.8 Å². The van der Waals surface area contributed by atoms with Crippen molar-refractivity contribution in [3.8, 4) is 22.6 Å². The van der Waals surface area contributed by atoms with Crippen molar-refractivity contribution < 1.29 is 19.8 Å². The van der Waals surface area contributed by atoms with E-state index in [1.165, 1.54) is 0 Å². The van der Waals surface area contributed by atoms with E-state index in [0.717, 1.165) is 33.4 Å². The molecule has 216 valence electrons.